The summed E-state index contributed by atoms with van der Waals surface area (Å²) >= 11 is 0. The van der Waals surface area contributed by atoms with Gasteiger partial charge in [-0.1, -0.05) is 39.8 Å². The van der Waals surface area contributed by atoms with Crippen LogP contribution in [0.25, 0.3) is 0 Å². The van der Waals surface area contributed by atoms with E-state index in [9.17, 15) is 0 Å². The van der Waals surface area contributed by atoms with Crippen LogP contribution in [-0.2, 0) is 5.41 Å². The van der Waals surface area contributed by atoms with Gasteiger partial charge in [0, 0.05) is 49.3 Å². The van der Waals surface area contributed by atoms with Crippen LogP contribution in [0.1, 0.15) is 76.7 Å². The molecule has 1 fully saturated rings. The van der Waals surface area contributed by atoms with E-state index in [-0.39, 0.29) is 11.5 Å². The number of rotatable bonds is 4. The van der Waals surface area contributed by atoms with Crippen molar-refractivity contribution in [1.29, 1.82) is 0 Å². The largest absolute Gasteiger partial charge is 0.354 e. The lowest BCUT2D eigenvalue weighted by Crippen LogP contribution is -2.47. The summed E-state index contributed by atoms with van der Waals surface area (Å²) in [4.78, 5) is 18.7. The van der Waals surface area contributed by atoms with Gasteiger partial charge in [-0.15, -0.1) is 0 Å². The van der Waals surface area contributed by atoms with Gasteiger partial charge >= 0.3 is 0 Å². The van der Waals surface area contributed by atoms with Crippen molar-refractivity contribution in [2.45, 2.75) is 65.8 Å². The summed E-state index contributed by atoms with van der Waals surface area (Å²) in [5.41, 5.74) is 0.930. The zero-order valence-corrected chi connectivity index (χ0v) is 17.7. The van der Waals surface area contributed by atoms with Crippen LogP contribution >= 0.6 is 0 Å². The lowest BCUT2D eigenvalue weighted by atomic mass is 9.96. The number of aromatic nitrogens is 4. The molecule has 1 saturated heterocycles. The summed E-state index contributed by atoms with van der Waals surface area (Å²) in [6.07, 6.45) is 0. The minimum Gasteiger partial charge on any atom is -0.354 e. The van der Waals surface area contributed by atoms with Crippen LogP contribution < -0.4 is 4.90 Å². The SMILES string of the molecule is Cc1cc(N2CCN(C(C)c3nc(C(C)(C)C)no3)CC2)nc(C(C)C)n1. The predicted octanol–water partition coefficient (Wildman–Crippen LogP) is 3.47. The smallest absolute Gasteiger partial charge is 0.243 e. The molecule has 27 heavy (non-hydrogen) atoms. The van der Waals surface area contributed by atoms with Gasteiger partial charge in [-0.25, -0.2) is 9.97 Å². The predicted molar refractivity (Wildman–Crippen MR) is 106 cm³/mol. The van der Waals surface area contributed by atoms with Gasteiger partial charge in [-0.05, 0) is 13.8 Å². The first-order valence-corrected chi connectivity index (χ1v) is 9.84. The summed E-state index contributed by atoms with van der Waals surface area (Å²) in [6, 6.07) is 2.20. The highest BCUT2D eigenvalue weighted by atomic mass is 16.5. The van der Waals surface area contributed by atoms with Crippen molar-refractivity contribution in [3.63, 3.8) is 0 Å². The van der Waals surface area contributed by atoms with Gasteiger partial charge in [0.05, 0.1) is 6.04 Å². The molecule has 0 saturated carbocycles. The van der Waals surface area contributed by atoms with E-state index in [2.05, 4.69) is 72.5 Å². The summed E-state index contributed by atoms with van der Waals surface area (Å²) < 4.78 is 5.54. The zero-order chi connectivity index (χ0) is 19.8. The van der Waals surface area contributed by atoms with Gasteiger partial charge in [0.2, 0.25) is 5.89 Å². The highest BCUT2D eigenvalue weighted by molar-refractivity contribution is 5.40. The molecule has 7 heteroatoms. The third-order valence-electron chi connectivity index (χ3n) is 5.03. The summed E-state index contributed by atoms with van der Waals surface area (Å²) in [5, 5.41) is 4.16. The van der Waals surface area contributed by atoms with Crippen molar-refractivity contribution >= 4 is 5.82 Å². The van der Waals surface area contributed by atoms with E-state index in [0.29, 0.717) is 11.8 Å². The number of piperazine rings is 1. The standard InChI is InChI=1S/C20H32N6O/c1-13(2)17-21-14(3)12-16(22-17)26-10-8-25(9-11-26)15(4)18-23-19(24-27-18)20(5,6)7/h12-13,15H,8-11H2,1-7H3. The Hall–Kier alpha value is -2.02. The Morgan fingerprint density at radius 3 is 2.22 bits per heavy atom. The average molecular weight is 373 g/mol. The first-order valence-electron chi connectivity index (χ1n) is 9.84. The third kappa shape index (κ3) is 4.46. The van der Waals surface area contributed by atoms with Crippen molar-refractivity contribution in [3.05, 3.63) is 29.3 Å². The molecule has 1 aliphatic rings. The molecule has 2 aromatic rings. The monoisotopic (exact) mass is 372 g/mol. The minimum absolute atomic E-state index is 0.0981. The molecule has 148 valence electrons. The lowest BCUT2D eigenvalue weighted by Gasteiger charge is -2.37. The number of aryl methyl sites for hydroxylation is 1. The van der Waals surface area contributed by atoms with Crippen LogP contribution in [0.2, 0.25) is 0 Å². The molecule has 3 heterocycles. The molecular weight excluding hydrogens is 340 g/mol. The van der Waals surface area contributed by atoms with Crippen LogP contribution in [0, 0.1) is 6.92 Å². The van der Waals surface area contributed by atoms with Crippen molar-refractivity contribution in [2.75, 3.05) is 31.1 Å². The van der Waals surface area contributed by atoms with Gasteiger partial charge < -0.3 is 9.42 Å². The molecule has 1 unspecified atom stereocenters. The Bertz CT molecular complexity index is 771. The number of nitrogens with zero attached hydrogens (tertiary/aromatic N) is 6. The second kappa shape index (κ2) is 7.54. The maximum Gasteiger partial charge on any atom is 0.243 e. The van der Waals surface area contributed by atoms with Gasteiger partial charge in [0.25, 0.3) is 0 Å². The first kappa shape index (κ1) is 19.7. The van der Waals surface area contributed by atoms with Crippen LogP contribution in [-0.4, -0.2) is 51.2 Å². The first-order chi connectivity index (χ1) is 12.6. The summed E-state index contributed by atoms with van der Waals surface area (Å²) in [7, 11) is 0. The summed E-state index contributed by atoms with van der Waals surface area (Å²) in [5.74, 6) is 3.75. The normalized spacial score (nSPS) is 17.6. The Balaban J connectivity index is 1.66. The molecule has 0 aromatic carbocycles. The van der Waals surface area contributed by atoms with Crippen molar-refractivity contribution in [3.8, 4) is 0 Å². The van der Waals surface area contributed by atoms with Gasteiger partial charge in [0.1, 0.15) is 11.6 Å². The highest BCUT2D eigenvalue weighted by Gasteiger charge is 2.28. The Morgan fingerprint density at radius 1 is 1.00 bits per heavy atom. The van der Waals surface area contributed by atoms with Crippen molar-refractivity contribution < 1.29 is 4.52 Å². The minimum atomic E-state index is -0.0981. The fourth-order valence-electron chi connectivity index (χ4n) is 3.20. The molecule has 0 N–H and O–H groups in total. The Morgan fingerprint density at radius 2 is 1.67 bits per heavy atom. The zero-order valence-electron chi connectivity index (χ0n) is 17.7. The van der Waals surface area contributed by atoms with E-state index in [1.54, 1.807) is 0 Å². The van der Waals surface area contributed by atoms with E-state index in [0.717, 1.165) is 49.3 Å². The second-order valence-electron chi connectivity index (χ2n) is 8.79. The van der Waals surface area contributed by atoms with Gasteiger partial charge in [-0.2, -0.15) is 4.98 Å². The fraction of sp³-hybridized carbons (Fsp3) is 0.700. The Labute approximate surface area is 162 Å². The number of hydrogen-bond acceptors (Lipinski definition) is 7. The topological polar surface area (TPSA) is 71.2 Å². The van der Waals surface area contributed by atoms with Crippen LogP contribution in [0.5, 0.6) is 0 Å². The highest BCUT2D eigenvalue weighted by Crippen LogP contribution is 2.26. The molecule has 1 atom stereocenters. The molecule has 0 spiro atoms. The molecule has 0 bridgehead atoms. The summed E-state index contributed by atoms with van der Waals surface area (Å²) in [6.45, 7) is 18.5. The Kier molecular flexibility index (Phi) is 5.51. The molecule has 0 aliphatic carbocycles. The van der Waals surface area contributed by atoms with Crippen LogP contribution in [0.4, 0.5) is 5.82 Å². The molecule has 0 amide bonds. The number of hydrogen-bond donors (Lipinski definition) is 0. The van der Waals surface area contributed by atoms with Gasteiger partial charge in [-0.3, -0.25) is 4.90 Å². The third-order valence-corrected chi connectivity index (χ3v) is 5.03. The van der Waals surface area contributed by atoms with Crippen LogP contribution in [0.3, 0.4) is 0 Å². The van der Waals surface area contributed by atoms with E-state index < -0.39 is 0 Å². The molecule has 1 aliphatic heterocycles. The molecule has 7 nitrogen and oxygen atoms in total. The van der Waals surface area contributed by atoms with Crippen molar-refractivity contribution in [1.82, 2.24) is 25.0 Å². The average Bonchev–Trinajstić information content (AvgIpc) is 3.11. The van der Waals surface area contributed by atoms with Crippen LogP contribution in [0.15, 0.2) is 10.6 Å². The maximum absolute atomic E-state index is 5.54. The van der Waals surface area contributed by atoms with Gasteiger partial charge in [0.15, 0.2) is 5.82 Å². The molecular formula is C20H32N6O. The quantitative estimate of drug-likeness (QED) is 0.813. The lowest BCUT2D eigenvalue weighted by molar-refractivity contribution is 0.164. The second-order valence-corrected chi connectivity index (χ2v) is 8.79. The van der Waals surface area contributed by atoms with E-state index in [1.807, 2.05) is 6.92 Å². The molecule has 3 rings (SSSR count). The fourth-order valence-corrected chi connectivity index (χ4v) is 3.20. The van der Waals surface area contributed by atoms with Crippen molar-refractivity contribution in [2.24, 2.45) is 0 Å². The maximum atomic E-state index is 5.54. The van der Waals surface area contributed by atoms with E-state index in [4.69, 9.17) is 9.51 Å². The molecule has 0 radical (unpaired) electrons. The molecule has 2 aromatic heterocycles. The number of anilines is 1. The van der Waals surface area contributed by atoms with E-state index >= 15 is 0 Å². The van der Waals surface area contributed by atoms with E-state index in [1.165, 1.54) is 0 Å².